The fourth-order valence-electron chi connectivity index (χ4n) is 3.42. The predicted octanol–water partition coefficient (Wildman–Crippen LogP) is 1.45. The van der Waals surface area contributed by atoms with E-state index in [1.54, 1.807) is 0 Å². The number of β-amino-alcohol motifs (C(OH)–C–C–N with tert-alkyl or cyclic N) is 1. The first-order valence-corrected chi connectivity index (χ1v) is 10.5. The van der Waals surface area contributed by atoms with Crippen LogP contribution >= 0.6 is 0 Å². The average molecular weight is 397 g/mol. The molecule has 2 heterocycles. The molecule has 0 unspecified atom stereocenters. The van der Waals surface area contributed by atoms with Gasteiger partial charge in [0.15, 0.2) is 5.69 Å². The van der Waals surface area contributed by atoms with Crippen LogP contribution in [0.1, 0.15) is 50.0 Å². The first-order chi connectivity index (χ1) is 13.6. The summed E-state index contributed by atoms with van der Waals surface area (Å²) in [5.41, 5.74) is 0.398. The van der Waals surface area contributed by atoms with Crippen LogP contribution in [0.15, 0.2) is 10.7 Å². The minimum absolute atomic E-state index is 0.0493. The van der Waals surface area contributed by atoms with Crippen molar-refractivity contribution in [2.24, 2.45) is 0 Å². The van der Waals surface area contributed by atoms with Crippen LogP contribution in [0.25, 0.3) is 0 Å². The third-order valence-corrected chi connectivity index (χ3v) is 4.85. The van der Waals surface area contributed by atoms with Crippen molar-refractivity contribution >= 4 is 5.91 Å². The number of aromatic nitrogens is 1. The van der Waals surface area contributed by atoms with E-state index in [2.05, 4.69) is 28.6 Å². The van der Waals surface area contributed by atoms with Crippen molar-refractivity contribution in [2.75, 3.05) is 59.0 Å². The van der Waals surface area contributed by atoms with Crippen LogP contribution in [0.4, 0.5) is 0 Å². The van der Waals surface area contributed by atoms with Crippen LogP contribution in [-0.4, -0.2) is 95.8 Å². The molecule has 1 saturated heterocycles. The molecule has 1 N–H and O–H groups in total. The lowest BCUT2D eigenvalue weighted by molar-refractivity contribution is 0.00949. The Morgan fingerprint density at radius 1 is 1.21 bits per heavy atom. The molecule has 1 aromatic heterocycles. The highest BCUT2D eigenvalue weighted by atomic mass is 16.5. The molecule has 160 valence electrons. The van der Waals surface area contributed by atoms with Crippen molar-refractivity contribution in [3.05, 3.63) is 17.8 Å². The van der Waals surface area contributed by atoms with E-state index in [0.717, 1.165) is 52.1 Å². The second-order valence-corrected chi connectivity index (χ2v) is 7.31. The topological polar surface area (TPSA) is 82.3 Å². The number of carbonyl (C=O) groups excluding carboxylic acids is 1. The largest absolute Gasteiger partial charge is 0.447 e. The molecule has 0 bridgehead atoms. The molecule has 1 atom stereocenters. The number of hydrogen-bond donors (Lipinski definition) is 1. The van der Waals surface area contributed by atoms with Gasteiger partial charge in [-0.3, -0.25) is 14.6 Å². The Morgan fingerprint density at radius 2 is 1.86 bits per heavy atom. The molecule has 0 radical (unpaired) electrons. The van der Waals surface area contributed by atoms with Gasteiger partial charge in [0.25, 0.3) is 5.91 Å². The summed E-state index contributed by atoms with van der Waals surface area (Å²) in [7, 11) is 0. The molecule has 2 rings (SSSR count). The Bertz CT molecular complexity index is 566. The van der Waals surface area contributed by atoms with Crippen LogP contribution in [0.5, 0.6) is 0 Å². The SMILES string of the molecule is CCCN(CCC)C(=O)c1coc(CN2CCN(C[C@@H](O)COCC)CC2)n1. The zero-order chi connectivity index (χ0) is 20.4. The first kappa shape index (κ1) is 22.8. The van der Waals surface area contributed by atoms with Crippen LogP contribution in [0.3, 0.4) is 0 Å². The minimum Gasteiger partial charge on any atom is -0.447 e. The number of rotatable bonds is 12. The Balaban J connectivity index is 1.79. The van der Waals surface area contributed by atoms with Crippen molar-refractivity contribution < 1.29 is 19.1 Å². The van der Waals surface area contributed by atoms with Crippen molar-refractivity contribution in [2.45, 2.75) is 46.3 Å². The first-order valence-electron chi connectivity index (χ1n) is 10.5. The molecule has 0 aromatic carbocycles. The fraction of sp³-hybridized carbons (Fsp3) is 0.800. The maximum absolute atomic E-state index is 12.6. The van der Waals surface area contributed by atoms with Gasteiger partial charge in [-0.25, -0.2) is 4.98 Å². The van der Waals surface area contributed by atoms with Crippen molar-refractivity contribution in [3.63, 3.8) is 0 Å². The molecule has 1 aliphatic rings. The number of oxazole rings is 1. The molecule has 1 aromatic rings. The molecule has 8 heteroatoms. The Labute approximate surface area is 168 Å². The summed E-state index contributed by atoms with van der Waals surface area (Å²) < 4.78 is 10.8. The zero-order valence-electron chi connectivity index (χ0n) is 17.6. The molecule has 8 nitrogen and oxygen atoms in total. The Kier molecular flexibility index (Phi) is 9.91. The molecule has 0 saturated carbocycles. The van der Waals surface area contributed by atoms with E-state index in [0.29, 0.717) is 37.9 Å². The van der Waals surface area contributed by atoms with Gasteiger partial charge in [0, 0.05) is 52.4 Å². The van der Waals surface area contributed by atoms with E-state index in [9.17, 15) is 9.90 Å². The summed E-state index contributed by atoms with van der Waals surface area (Å²) in [4.78, 5) is 23.4. The van der Waals surface area contributed by atoms with Gasteiger partial charge in [-0.15, -0.1) is 0 Å². The zero-order valence-corrected chi connectivity index (χ0v) is 17.6. The molecular formula is C20H36N4O4. The second kappa shape index (κ2) is 12.2. The number of nitrogens with zero attached hydrogens (tertiary/aromatic N) is 4. The van der Waals surface area contributed by atoms with Gasteiger partial charge in [0.1, 0.15) is 6.26 Å². The lowest BCUT2D eigenvalue weighted by Gasteiger charge is -2.34. The predicted molar refractivity (Wildman–Crippen MR) is 107 cm³/mol. The smallest absolute Gasteiger partial charge is 0.275 e. The number of carbonyl (C=O) groups is 1. The molecule has 28 heavy (non-hydrogen) atoms. The number of aliphatic hydroxyl groups is 1. The second-order valence-electron chi connectivity index (χ2n) is 7.31. The quantitative estimate of drug-likeness (QED) is 0.573. The van der Waals surface area contributed by atoms with Gasteiger partial charge in [-0.1, -0.05) is 13.8 Å². The van der Waals surface area contributed by atoms with E-state index in [-0.39, 0.29) is 5.91 Å². The van der Waals surface area contributed by atoms with Crippen molar-refractivity contribution in [1.82, 2.24) is 19.7 Å². The van der Waals surface area contributed by atoms with Gasteiger partial charge in [-0.2, -0.15) is 0 Å². The highest BCUT2D eigenvalue weighted by molar-refractivity contribution is 5.91. The molecule has 1 amide bonds. The van der Waals surface area contributed by atoms with Gasteiger partial charge in [-0.05, 0) is 19.8 Å². The molecule has 0 spiro atoms. The van der Waals surface area contributed by atoms with E-state index in [1.165, 1.54) is 6.26 Å². The summed E-state index contributed by atoms with van der Waals surface area (Å²) in [6, 6.07) is 0. The molecule has 0 aliphatic carbocycles. The lowest BCUT2D eigenvalue weighted by atomic mass is 10.2. The summed E-state index contributed by atoms with van der Waals surface area (Å²) in [6.07, 6.45) is 2.90. The van der Waals surface area contributed by atoms with Crippen LogP contribution in [0, 0.1) is 0 Å². The Hall–Kier alpha value is -1.48. The maximum Gasteiger partial charge on any atom is 0.275 e. The lowest BCUT2D eigenvalue weighted by Crippen LogP contribution is -2.48. The summed E-state index contributed by atoms with van der Waals surface area (Å²) in [5.74, 6) is 0.535. The average Bonchev–Trinajstić information content (AvgIpc) is 3.15. The minimum atomic E-state index is -0.444. The van der Waals surface area contributed by atoms with Crippen LogP contribution < -0.4 is 0 Å². The standard InChI is InChI=1S/C20H36N4O4/c1-4-7-24(8-5-2)20(26)18-16-28-19(21-18)14-23-11-9-22(10-12-23)13-17(25)15-27-6-3/h16-17,25H,4-15H2,1-3H3/t17-/m1/s1. The normalized spacial score (nSPS) is 17.0. The van der Waals surface area contributed by atoms with Crippen LogP contribution in [-0.2, 0) is 11.3 Å². The highest BCUT2D eigenvalue weighted by Crippen LogP contribution is 2.12. The van der Waals surface area contributed by atoms with E-state index < -0.39 is 6.10 Å². The molecule has 1 fully saturated rings. The maximum atomic E-state index is 12.6. The molecule has 1 aliphatic heterocycles. The summed E-state index contributed by atoms with van der Waals surface area (Å²) >= 11 is 0. The fourth-order valence-corrected chi connectivity index (χ4v) is 3.42. The third-order valence-electron chi connectivity index (χ3n) is 4.85. The monoisotopic (exact) mass is 396 g/mol. The van der Waals surface area contributed by atoms with Gasteiger partial charge in [0.05, 0.1) is 19.3 Å². The number of aliphatic hydroxyl groups excluding tert-OH is 1. The third kappa shape index (κ3) is 7.16. The molecular weight excluding hydrogens is 360 g/mol. The van der Waals surface area contributed by atoms with Crippen molar-refractivity contribution in [3.8, 4) is 0 Å². The number of ether oxygens (including phenoxy) is 1. The van der Waals surface area contributed by atoms with E-state index in [1.807, 2.05) is 11.8 Å². The van der Waals surface area contributed by atoms with E-state index >= 15 is 0 Å². The summed E-state index contributed by atoms with van der Waals surface area (Å²) in [6.45, 7) is 13.3. The summed E-state index contributed by atoms with van der Waals surface area (Å²) in [5, 5.41) is 9.97. The Morgan fingerprint density at radius 3 is 2.46 bits per heavy atom. The number of amides is 1. The number of hydrogen-bond acceptors (Lipinski definition) is 7. The van der Waals surface area contributed by atoms with Gasteiger partial charge in [0.2, 0.25) is 5.89 Å². The van der Waals surface area contributed by atoms with Gasteiger partial charge < -0.3 is 19.2 Å². The van der Waals surface area contributed by atoms with Gasteiger partial charge >= 0.3 is 0 Å². The van der Waals surface area contributed by atoms with Crippen molar-refractivity contribution in [1.29, 1.82) is 0 Å². The highest BCUT2D eigenvalue weighted by Gasteiger charge is 2.22. The van der Waals surface area contributed by atoms with Crippen LogP contribution in [0.2, 0.25) is 0 Å². The number of piperazine rings is 1. The van der Waals surface area contributed by atoms with E-state index in [4.69, 9.17) is 9.15 Å².